The van der Waals surface area contributed by atoms with Gasteiger partial charge in [-0.25, -0.2) is 0 Å². The smallest absolute Gasteiger partial charge is 0.133 e. The minimum atomic E-state index is 0.898. The Bertz CT molecular complexity index is 389. The van der Waals surface area contributed by atoms with Crippen molar-refractivity contribution < 1.29 is 4.74 Å². The molecule has 18 heavy (non-hydrogen) atoms. The number of benzene rings is 1. The fourth-order valence-electron chi connectivity index (χ4n) is 2.33. The summed E-state index contributed by atoms with van der Waals surface area (Å²) in [6.45, 7) is 9.13. The molecule has 1 aromatic carbocycles. The van der Waals surface area contributed by atoms with Crippen molar-refractivity contribution >= 4 is 15.9 Å². The zero-order chi connectivity index (χ0) is 13.0. The van der Waals surface area contributed by atoms with Gasteiger partial charge in [0.25, 0.3) is 0 Å². The molecule has 1 saturated heterocycles. The summed E-state index contributed by atoms with van der Waals surface area (Å²) in [5, 5.41) is 0. The summed E-state index contributed by atoms with van der Waals surface area (Å²) in [5.74, 6) is 0.898. The minimum Gasteiger partial charge on any atom is -0.496 e. The Morgan fingerprint density at radius 1 is 1.17 bits per heavy atom. The third-order valence-electron chi connectivity index (χ3n) is 3.53. The van der Waals surface area contributed by atoms with Crippen molar-refractivity contribution in [2.45, 2.75) is 13.5 Å². The summed E-state index contributed by atoms with van der Waals surface area (Å²) in [4.78, 5) is 5.01. The molecule has 0 saturated carbocycles. The number of piperazine rings is 1. The molecule has 0 bridgehead atoms. The summed E-state index contributed by atoms with van der Waals surface area (Å²) >= 11 is 3.54. The van der Waals surface area contributed by atoms with Crippen LogP contribution in [0.2, 0.25) is 0 Å². The number of hydrogen-bond acceptors (Lipinski definition) is 3. The fourth-order valence-corrected chi connectivity index (χ4v) is 2.92. The van der Waals surface area contributed by atoms with E-state index in [2.05, 4.69) is 44.8 Å². The number of rotatable bonds is 4. The summed E-state index contributed by atoms with van der Waals surface area (Å²) in [7, 11) is 1.70. The molecule has 1 aliphatic rings. The Morgan fingerprint density at radius 3 is 2.39 bits per heavy atom. The van der Waals surface area contributed by atoms with Gasteiger partial charge < -0.3 is 9.64 Å². The maximum Gasteiger partial charge on any atom is 0.133 e. The van der Waals surface area contributed by atoms with E-state index in [1.54, 1.807) is 7.11 Å². The molecular weight excluding hydrogens is 292 g/mol. The average Bonchev–Trinajstić information content (AvgIpc) is 2.40. The molecular formula is C14H21BrN2O. The molecule has 1 aromatic rings. The standard InChI is InChI=1S/C14H21BrN2O/c1-3-16-6-8-17(9-7-16)11-12-4-5-14(18-2)13(15)10-12/h4-5,10H,3,6-9,11H2,1-2H3. The SMILES string of the molecule is CCN1CCN(Cc2ccc(OC)c(Br)c2)CC1. The first-order valence-electron chi connectivity index (χ1n) is 6.50. The highest BCUT2D eigenvalue weighted by atomic mass is 79.9. The van der Waals surface area contributed by atoms with Gasteiger partial charge in [0, 0.05) is 32.7 Å². The van der Waals surface area contributed by atoms with Crippen molar-refractivity contribution in [3.05, 3.63) is 28.2 Å². The molecule has 0 atom stereocenters. The molecule has 1 heterocycles. The van der Waals surface area contributed by atoms with Crippen molar-refractivity contribution in [2.24, 2.45) is 0 Å². The first kappa shape index (κ1) is 13.8. The maximum absolute atomic E-state index is 5.25. The zero-order valence-electron chi connectivity index (χ0n) is 11.2. The molecule has 100 valence electrons. The largest absolute Gasteiger partial charge is 0.496 e. The van der Waals surface area contributed by atoms with E-state index in [1.807, 2.05) is 6.07 Å². The Kier molecular flexibility index (Phi) is 5.03. The second kappa shape index (κ2) is 6.55. The van der Waals surface area contributed by atoms with Crippen molar-refractivity contribution in [3.63, 3.8) is 0 Å². The number of hydrogen-bond donors (Lipinski definition) is 0. The number of ether oxygens (including phenoxy) is 1. The maximum atomic E-state index is 5.25. The first-order valence-corrected chi connectivity index (χ1v) is 7.29. The summed E-state index contributed by atoms with van der Waals surface area (Å²) < 4.78 is 6.29. The van der Waals surface area contributed by atoms with Crippen molar-refractivity contribution in [2.75, 3.05) is 39.8 Å². The van der Waals surface area contributed by atoms with Crippen molar-refractivity contribution in [1.82, 2.24) is 9.80 Å². The molecule has 1 fully saturated rings. The Balaban J connectivity index is 1.92. The Hall–Kier alpha value is -0.580. The van der Waals surface area contributed by atoms with Gasteiger partial charge in [0.15, 0.2) is 0 Å². The predicted octanol–water partition coefficient (Wildman–Crippen LogP) is 2.60. The van der Waals surface area contributed by atoms with Crippen molar-refractivity contribution in [3.8, 4) is 5.75 Å². The molecule has 0 aromatic heterocycles. The number of likely N-dealkylation sites (N-methyl/N-ethyl adjacent to an activating group) is 1. The third kappa shape index (κ3) is 3.46. The predicted molar refractivity (Wildman–Crippen MR) is 78.1 cm³/mol. The molecule has 0 aliphatic carbocycles. The second-order valence-electron chi connectivity index (χ2n) is 4.68. The van der Waals surface area contributed by atoms with Crippen molar-refractivity contribution in [1.29, 1.82) is 0 Å². The fraction of sp³-hybridized carbons (Fsp3) is 0.571. The van der Waals surface area contributed by atoms with Crippen LogP contribution in [-0.2, 0) is 6.54 Å². The van der Waals surface area contributed by atoms with Gasteiger partial charge >= 0.3 is 0 Å². The molecule has 0 N–H and O–H groups in total. The summed E-state index contributed by atoms with van der Waals surface area (Å²) in [6.07, 6.45) is 0. The van der Waals surface area contributed by atoms with E-state index in [0.717, 1.165) is 29.9 Å². The molecule has 0 radical (unpaired) electrons. The lowest BCUT2D eigenvalue weighted by atomic mass is 10.2. The van der Waals surface area contributed by atoms with Crippen LogP contribution in [0.3, 0.4) is 0 Å². The van der Waals surface area contributed by atoms with E-state index in [-0.39, 0.29) is 0 Å². The lowest BCUT2D eigenvalue weighted by molar-refractivity contribution is 0.132. The summed E-state index contributed by atoms with van der Waals surface area (Å²) in [6, 6.07) is 6.34. The molecule has 3 nitrogen and oxygen atoms in total. The van der Waals surface area contributed by atoms with E-state index in [1.165, 1.54) is 25.2 Å². The van der Waals surface area contributed by atoms with Gasteiger partial charge in [-0.3, -0.25) is 4.90 Å². The van der Waals surface area contributed by atoms with E-state index < -0.39 is 0 Å². The van der Waals surface area contributed by atoms with Crippen LogP contribution < -0.4 is 4.74 Å². The monoisotopic (exact) mass is 312 g/mol. The van der Waals surface area contributed by atoms with Gasteiger partial charge in [0.2, 0.25) is 0 Å². The van der Waals surface area contributed by atoms with Gasteiger partial charge in [-0.05, 0) is 40.2 Å². The lowest BCUT2D eigenvalue weighted by Crippen LogP contribution is -2.45. The summed E-state index contributed by atoms with van der Waals surface area (Å²) in [5.41, 5.74) is 1.34. The Morgan fingerprint density at radius 2 is 1.83 bits per heavy atom. The van der Waals surface area contributed by atoms with Crippen LogP contribution in [0.4, 0.5) is 0 Å². The van der Waals surface area contributed by atoms with Crippen LogP contribution in [0.25, 0.3) is 0 Å². The third-order valence-corrected chi connectivity index (χ3v) is 4.15. The van der Waals surface area contributed by atoms with Gasteiger partial charge in [0.05, 0.1) is 11.6 Å². The van der Waals surface area contributed by atoms with Crippen LogP contribution in [0.1, 0.15) is 12.5 Å². The highest BCUT2D eigenvalue weighted by Crippen LogP contribution is 2.26. The Labute approximate surface area is 118 Å². The number of halogens is 1. The second-order valence-corrected chi connectivity index (χ2v) is 5.53. The van der Waals surface area contributed by atoms with E-state index >= 15 is 0 Å². The topological polar surface area (TPSA) is 15.7 Å². The van der Waals surface area contributed by atoms with Crippen LogP contribution >= 0.6 is 15.9 Å². The molecule has 2 rings (SSSR count). The van der Waals surface area contributed by atoms with Crippen LogP contribution in [-0.4, -0.2) is 49.6 Å². The molecule has 0 amide bonds. The minimum absolute atomic E-state index is 0.898. The van der Waals surface area contributed by atoms with E-state index in [0.29, 0.717) is 0 Å². The highest BCUT2D eigenvalue weighted by Gasteiger charge is 2.15. The number of methoxy groups -OCH3 is 1. The zero-order valence-corrected chi connectivity index (χ0v) is 12.7. The quantitative estimate of drug-likeness (QED) is 0.850. The molecule has 4 heteroatoms. The molecule has 1 aliphatic heterocycles. The number of nitrogens with zero attached hydrogens (tertiary/aromatic N) is 2. The van der Waals surface area contributed by atoms with E-state index in [9.17, 15) is 0 Å². The first-order chi connectivity index (χ1) is 8.72. The van der Waals surface area contributed by atoms with Crippen LogP contribution in [0, 0.1) is 0 Å². The normalized spacial score (nSPS) is 17.9. The lowest BCUT2D eigenvalue weighted by Gasteiger charge is -2.34. The van der Waals surface area contributed by atoms with Crippen LogP contribution in [0.15, 0.2) is 22.7 Å². The van der Waals surface area contributed by atoms with Gasteiger partial charge in [0.1, 0.15) is 5.75 Å². The van der Waals surface area contributed by atoms with E-state index in [4.69, 9.17) is 4.74 Å². The average molecular weight is 313 g/mol. The van der Waals surface area contributed by atoms with Gasteiger partial charge in [-0.2, -0.15) is 0 Å². The highest BCUT2D eigenvalue weighted by molar-refractivity contribution is 9.10. The van der Waals surface area contributed by atoms with Crippen LogP contribution in [0.5, 0.6) is 5.75 Å². The van der Waals surface area contributed by atoms with Gasteiger partial charge in [-0.15, -0.1) is 0 Å². The molecule has 0 spiro atoms. The van der Waals surface area contributed by atoms with Gasteiger partial charge in [-0.1, -0.05) is 13.0 Å². The molecule has 0 unspecified atom stereocenters.